The van der Waals surface area contributed by atoms with E-state index in [0.717, 1.165) is 239 Å². The second-order valence-corrected chi connectivity index (χ2v) is 39.3. The molecule has 0 radical (unpaired) electrons. The number of aromatic nitrogens is 11. The number of ether oxygens (including phenoxy) is 2. The summed E-state index contributed by atoms with van der Waals surface area (Å²) in [5, 5.41) is 5.61. The van der Waals surface area contributed by atoms with Crippen molar-refractivity contribution in [1.82, 2.24) is 54.8 Å². The summed E-state index contributed by atoms with van der Waals surface area (Å²) >= 11 is 1.74. The first-order valence-corrected chi connectivity index (χ1v) is 50.8. The normalized spacial score (nSPS) is 12.6. The number of benzene rings is 15. The summed E-state index contributed by atoms with van der Waals surface area (Å²) in [5.74, 6) is 7.34. The number of hydrogen-bond acceptors (Lipinski definition) is 15. The predicted octanol–water partition coefficient (Wildman–Crippen LogP) is 32.6. The predicted molar refractivity (Wildman–Crippen MR) is 591 cm³/mol. The van der Waals surface area contributed by atoms with Gasteiger partial charge in [0.25, 0.3) is 0 Å². The molecule has 146 heavy (non-hydrogen) atoms. The molecule has 15 nitrogen and oxygen atoms in total. The third kappa shape index (κ3) is 15.7. The highest BCUT2D eigenvalue weighted by atomic mass is 32.1. The molecule has 16 heteroatoms. The van der Waals surface area contributed by atoms with E-state index in [2.05, 4.69) is 336 Å². The first kappa shape index (κ1) is 92.5. The van der Waals surface area contributed by atoms with Crippen LogP contribution >= 0.6 is 11.3 Å². The van der Waals surface area contributed by atoms with Crippen LogP contribution in [0.1, 0.15) is 150 Å². The van der Waals surface area contributed by atoms with Crippen molar-refractivity contribution in [1.29, 1.82) is 0 Å². The smallest absolute Gasteiger partial charge is 0.187 e. The van der Waals surface area contributed by atoms with Crippen molar-refractivity contribution in [3.8, 4) is 135 Å². The molecule has 0 saturated heterocycles. The van der Waals surface area contributed by atoms with Gasteiger partial charge >= 0.3 is 0 Å². The lowest BCUT2D eigenvalue weighted by atomic mass is 9.65. The molecule has 9 heterocycles. The Bertz CT molecular complexity index is 8920. The maximum absolute atomic E-state index is 7.38. The van der Waals surface area contributed by atoms with Gasteiger partial charge in [-0.05, 0) is 299 Å². The fraction of sp³-hybridized carbons (Fsp3) is 0.154. The highest BCUT2D eigenvalue weighted by Gasteiger charge is 2.53. The summed E-state index contributed by atoms with van der Waals surface area (Å²) in [4.78, 5) is 56.3. The van der Waals surface area contributed by atoms with Crippen molar-refractivity contribution in [2.75, 3.05) is 0 Å². The highest BCUT2D eigenvalue weighted by molar-refractivity contribution is 7.21. The number of fused-ring (bicyclic) bond motifs is 23. The Kier molecular flexibility index (Phi) is 23.6. The zero-order valence-electron chi connectivity index (χ0n) is 84.2. The van der Waals surface area contributed by atoms with Crippen LogP contribution in [0, 0.1) is 89.7 Å². The molecular weight excluding hydrogens is 1810 g/mol. The lowest BCUT2D eigenvalue weighted by Crippen LogP contribution is -2.32. The van der Waals surface area contributed by atoms with Gasteiger partial charge < -0.3 is 13.9 Å². The Morgan fingerprint density at radius 1 is 0.274 bits per heavy atom. The quantitative estimate of drug-likeness (QED) is 0.112. The minimum atomic E-state index is -0.594. The summed E-state index contributed by atoms with van der Waals surface area (Å²) in [6, 6.07) is 113. The van der Waals surface area contributed by atoms with Gasteiger partial charge in [0, 0.05) is 118 Å². The molecule has 0 bridgehead atoms. The van der Waals surface area contributed by atoms with Gasteiger partial charge in [0.1, 0.15) is 45.0 Å². The number of para-hydroxylation sites is 4. The number of nitrogens with zero attached hydrogens (tertiary/aromatic N) is 12. The SMILES string of the molecule is CCc1nc(-c2ccc3c(c2)C2(c4ccccc4O3)c3ccccc3-c3ccccc32)nc(CC)c1CC.Cc1nc(-c2ccc(-c3ccc(-c4nc5ccccc5s4)c4ccccc34)cc2)nc(C)c1C.Cc1nc(-c2ccc3c(c2)oc2ccc(-c4nc(C)c(C)c(C)n4)cc23)nc(C)c1C.[C-]#[N+]c1ccc(-c2ccc3c(c2)C2(c4ccccc4Oc4ccccc42)c2cc(-c4nc(C)nc(C)c4C)ccc2-3)cc1. The molecule has 0 amide bonds. The Balaban J connectivity index is 0.000000108. The van der Waals surface area contributed by atoms with E-state index in [9.17, 15) is 0 Å². The third-order valence-electron chi connectivity index (χ3n) is 30.1. The topological polar surface area (TPSA) is 178 Å². The molecule has 2 spiro atoms. The van der Waals surface area contributed by atoms with Gasteiger partial charge in [0.2, 0.25) is 0 Å². The molecular formula is C130H104N12O3S. The molecule has 26 rings (SSSR count). The summed E-state index contributed by atoms with van der Waals surface area (Å²) in [7, 11) is 0. The molecule has 0 N–H and O–H groups in total. The Labute approximate surface area is 853 Å². The Hall–Kier alpha value is -17.3. The molecule has 0 unspecified atom stereocenters. The maximum atomic E-state index is 7.38. The monoisotopic (exact) mass is 1910 g/mol. The first-order chi connectivity index (χ1) is 71.1. The van der Waals surface area contributed by atoms with Crippen LogP contribution < -0.4 is 9.47 Å². The van der Waals surface area contributed by atoms with Crippen molar-refractivity contribution in [3.63, 3.8) is 0 Å². The standard InChI is InChI=1S/C39H27N3O.C35H30N2O.C30H23N3S.C26H24N4O/c1-23-24(2)41-25(3)42-38(23)28-16-20-31-30-19-15-27(26-13-17-29(40-4)18-14-26)21-34(30)39(35(31)22-28)32-9-5-7-11-36(32)43-37-12-8-6-10-33(37)39;1-4-23-30(5-2)36-34(37-31(23)6-3)22-19-20-33-29(21-22)35(28-17-11-12-18-32(28)38-33)26-15-9-7-13-24(26)25-14-8-10-16-27(25)35;1-18-19(2)31-29(32-20(18)3)22-14-12-21(13-15-22)23-16-17-26(25-9-5-4-8-24(23)25)30-33-27-10-6-7-11-28(27)34-30;1-13-15(3)27-25(28-16(13)4)19-8-10-23-22(11-19)21-9-7-20(12-24(21)31-23)26-29-17(5)14(2)18(6)30-26/h5-22H,1-3H3;7-21H,4-6H2,1-3H3;4-17H,1-3H3;7-12H,1-6H3. The summed E-state index contributed by atoms with van der Waals surface area (Å²) in [5.41, 5.74) is 43.8. The van der Waals surface area contributed by atoms with Crippen LogP contribution in [-0.2, 0) is 30.1 Å². The van der Waals surface area contributed by atoms with Gasteiger partial charge in [-0.1, -0.05) is 251 Å². The van der Waals surface area contributed by atoms with Crippen molar-refractivity contribution in [3.05, 3.63) is 462 Å². The molecule has 0 fully saturated rings. The van der Waals surface area contributed by atoms with Crippen molar-refractivity contribution in [2.45, 2.75) is 134 Å². The van der Waals surface area contributed by atoms with E-state index >= 15 is 0 Å². The Morgan fingerprint density at radius 2 is 0.678 bits per heavy atom. The molecule has 7 aromatic heterocycles. The van der Waals surface area contributed by atoms with Crippen LogP contribution in [0.3, 0.4) is 0 Å². The van der Waals surface area contributed by atoms with E-state index in [1.165, 1.54) is 87.8 Å². The van der Waals surface area contributed by atoms with Gasteiger partial charge in [0.05, 0.1) is 33.3 Å². The average molecular weight is 1910 g/mol. The summed E-state index contributed by atoms with van der Waals surface area (Å²) < 4.78 is 20.5. The van der Waals surface area contributed by atoms with Crippen LogP contribution in [0.4, 0.5) is 5.69 Å². The molecule has 0 saturated carbocycles. The molecule has 0 atom stereocenters. The van der Waals surface area contributed by atoms with Crippen LogP contribution in [0.2, 0.25) is 0 Å². The van der Waals surface area contributed by atoms with E-state index in [1.54, 1.807) is 11.3 Å². The molecule has 708 valence electrons. The lowest BCUT2D eigenvalue weighted by Gasteiger charge is -2.39. The second-order valence-electron chi connectivity index (χ2n) is 38.3. The number of aryl methyl sites for hydroxylation is 10. The zero-order chi connectivity index (χ0) is 100. The van der Waals surface area contributed by atoms with Gasteiger partial charge in [-0.15, -0.1) is 11.3 Å². The fourth-order valence-corrected chi connectivity index (χ4v) is 23.0. The molecule has 2 aliphatic carbocycles. The van der Waals surface area contributed by atoms with Crippen molar-refractivity contribution >= 4 is 60.0 Å². The fourth-order valence-electron chi connectivity index (χ4n) is 22.0. The number of hydrogen-bond donors (Lipinski definition) is 0. The minimum absolute atomic E-state index is 0.474. The van der Waals surface area contributed by atoms with E-state index in [1.807, 2.05) is 109 Å². The molecule has 22 aromatic rings. The van der Waals surface area contributed by atoms with Crippen LogP contribution in [-0.4, -0.2) is 54.8 Å². The van der Waals surface area contributed by atoms with E-state index in [0.29, 0.717) is 5.69 Å². The average Bonchev–Trinajstić information content (AvgIpc) is 1.52. The number of thiazole rings is 1. The summed E-state index contributed by atoms with van der Waals surface area (Å²) in [6.07, 6.45) is 2.76. The molecule has 4 aliphatic rings. The van der Waals surface area contributed by atoms with Crippen LogP contribution in [0.5, 0.6) is 23.0 Å². The lowest BCUT2D eigenvalue weighted by molar-refractivity contribution is 0.436. The van der Waals surface area contributed by atoms with Crippen molar-refractivity contribution in [2.24, 2.45) is 0 Å². The zero-order valence-corrected chi connectivity index (χ0v) is 85.0. The van der Waals surface area contributed by atoms with E-state index in [-0.39, 0.29) is 0 Å². The highest BCUT2D eigenvalue weighted by Crippen LogP contribution is 2.65. The second kappa shape index (κ2) is 37.2. The largest absolute Gasteiger partial charge is 0.457 e. The third-order valence-corrected chi connectivity index (χ3v) is 31.2. The van der Waals surface area contributed by atoms with Crippen molar-refractivity contribution < 1.29 is 13.9 Å². The first-order valence-electron chi connectivity index (χ1n) is 50.0. The van der Waals surface area contributed by atoms with E-state index < -0.39 is 10.8 Å². The molecule has 15 aromatic carbocycles. The number of rotatable bonds is 11. The van der Waals surface area contributed by atoms with E-state index in [4.69, 9.17) is 60.3 Å². The number of furan rings is 1. The van der Waals surface area contributed by atoms with Gasteiger partial charge in [-0.2, -0.15) is 0 Å². The van der Waals surface area contributed by atoms with Gasteiger partial charge in [-0.3, -0.25) is 0 Å². The maximum Gasteiger partial charge on any atom is 0.187 e. The summed E-state index contributed by atoms with van der Waals surface area (Å²) in [6.45, 7) is 38.4. The van der Waals surface area contributed by atoms with Gasteiger partial charge in [-0.25, -0.2) is 59.7 Å². The van der Waals surface area contributed by atoms with Gasteiger partial charge in [0.15, 0.2) is 29.0 Å². The minimum Gasteiger partial charge on any atom is -0.457 e. The van der Waals surface area contributed by atoms with Crippen LogP contribution in [0.25, 0.3) is 160 Å². The van der Waals surface area contributed by atoms with Crippen LogP contribution in [0.15, 0.2) is 326 Å². The molecule has 2 aliphatic heterocycles. The Morgan fingerprint density at radius 3 is 1.23 bits per heavy atom.